The van der Waals surface area contributed by atoms with E-state index in [1.165, 1.54) is 42.5 Å². The van der Waals surface area contributed by atoms with Crippen LogP contribution in [0.15, 0.2) is 65.7 Å². The zero-order valence-electron chi connectivity index (χ0n) is 21.8. The molecule has 0 aliphatic heterocycles. The van der Waals surface area contributed by atoms with Gasteiger partial charge in [0.05, 0.1) is 12.3 Å². The van der Waals surface area contributed by atoms with Crippen molar-refractivity contribution in [1.29, 1.82) is 0 Å². The molecule has 4 rings (SSSR count). The number of pyridine rings is 2. The first-order chi connectivity index (χ1) is 18.5. The molecule has 0 atom stereocenters. The lowest BCUT2D eigenvalue weighted by Crippen LogP contribution is -2.31. The van der Waals surface area contributed by atoms with Crippen LogP contribution in [0.4, 0.5) is 10.2 Å². The highest BCUT2D eigenvalue weighted by molar-refractivity contribution is 7.90. The lowest BCUT2D eigenvalue weighted by Gasteiger charge is -2.16. The molecule has 0 saturated heterocycles. The number of nitrogen functional groups attached to an aromatic ring is 1. The predicted molar refractivity (Wildman–Crippen MR) is 145 cm³/mol. The summed E-state index contributed by atoms with van der Waals surface area (Å²) in [5.74, 6) is -1.20. The fourth-order valence-electron chi connectivity index (χ4n) is 4.02. The first kappa shape index (κ1) is 27.5. The highest BCUT2D eigenvalue weighted by Crippen LogP contribution is 2.33. The van der Waals surface area contributed by atoms with Crippen LogP contribution in [0, 0.1) is 26.6 Å². The first-order valence-electron chi connectivity index (χ1n) is 12.0. The van der Waals surface area contributed by atoms with E-state index in [-0.39, 0.29) is 23.0 Å². The molecule has 4 aromatic rings. The molecule has 0 spiro atoms. The largest absolute Gasteiger partial charge is 0.491 e. The molecule has 0 fully saturated rings. The quantitative estimate of drug-likeness (QED) is 0.310. The second-order valence-electron chi connectivity index (χ2n) is 8.79. The SMILES string of the molecule is CCOc1ccc(-c2ccc(C(=O)NS(=O)(=O)c3cccc(N)n3)c(Oc3c(C)cc(C)cc3C)n2)cc1F. The molecule has 0 saturated carbocycles. The number of aromatic nitrogens is 2. The number of rotatable bonds is 8. The van der Waals surface area contributed by atoms with Gasteiger partial charge in [-0.1, -0.05) is 23.8 Å². The number of nitrogens with zero attached hydrogens (tertiary/aromatic N) is 2. The molecule has 2 aromatic heterocycles. The number of benzene rings is 2. The van der Waals surface area contributed by atoms with E-state index in [1.807, 2.05) is 37.6 Å². The van der Waals surface area contributed by atoms with Crippen LogP contribution in [-0.4, -0.2) is 30.9 Å². The number of carbonyl (C=O) groups excluding carboxylic acids is 1. The smallest absolute Gasteiger partial charge is 0.281 e. The summed E-state index contributed by atoms with van der Waals surface area (Å²) < 4.78 is 53.6. The fourth-order valence-corrected chi connectivity index (χ4v) is 4.96. The molecule has 39 heavy (non-hydrogen) atoms. The predicted octanol–water partition coefficient (Wildman–Crippen LogP) is 5.10. The number of ether oxygens (including phenoxy) is 2. The molecule has 3 N–H and O–H groups in total. The standard InChI is InChI=1S/C28H27FN4O5S/c1-5-37-23-12-9-19(15-21(23)29)22-11-10-20(27(34)33-39(35,36)25-8-6-7-24(30)32-25)28(31-22)38-26-17(3)13-16(2)14-18(26)4/h6-15H,5H2,1-4H3,(H2,30,32)(H,33,34). The van der Waals surface area contributed by atoms with E-state index in [0.29, 0.717) is 23.6 Å². The van der Waals surface area contributed by atoms with Crippen molar-refractivity contribution in [2.24, 2.45) is 0 Å². The van der Waals surface area contributed by atoms with Gasteiger partial charge in [-0.3, -0.25) is 4.79 Å². The molecule has 0 aliphatic rings. The third kappa shape index (κ3) is 6.15. The fraction of sp³-hybridized carbons (Fsp3) is 0.179. The Morgan fingerprint density at radius 1 is 1.00 bits per heavy atom. The maximum atomic E-state index is 14.6. The van der Waals surface area contributed by atoms with Gasteiger partial charge in [0.25, 0.3) is 15.9 Å². The molecule has 2 heterocycles. The number of anilines is 1. The Balaban J connectivity index is 1.78. The topological polar surface area (TPSA) is 134 Å². The number of halogens is 1. The maximum Gasteiger partial charge on any atom is 0.281 e. The minimum Gasteiger partial charge on any atom is -0.491 e. The van der Waals surface area contributed by atoms with Gasteiger partial charge < -0.3 is 15.2 Å². The van der Waals surface area contributed by atoms with Gasteiger partial charge in [-0.15, -0.1) is 0 Å². The molecule has 0 unspecified atom stereocenters. The van der Waals surface area contributed by atoms with Crippen molar-refractivity contribution in [3.05, 3.63) is 88.7 Å². The highest BCUT2D eigenvalue weighted by Gasteiger charge is 2.25. The second-order valence-corrected chi connectivity index (χ2v) is 10.4. The van der Waals surface area contributed by atoms with Crippen LogP contribution in [0.2, 0.25) is 0 Å². The minimum atomic E-state index is -4.36. The number of sulfonamides is 1. The van der Waals surface area contributed by atoms with Crippen molar-refractivity contribution in [3.63, 3.8) is 0 Å². The first-order valence-corrected chi connectivity index (χ1v) is 13.5. The van der Waals surface area contributed by atoms with Crippen LogP contribution in [0.3, 0.4) is 0 Å². The van der Waals surface area contributed by atoms with Crippen molar-refractivity contribution < 1.29 is 27.1 Å². The molecule has 9 nitrogen and oxygen atoms in total. The summed E-state index contributed by atoms with van der Waals surface area (Å²) in [7, 11) is -4.36. The molecule has 2 aromatic carbocycles. The Kier molecular flexibility index (Phi) is 7.82. The van der Waals surface area contributed by atoms with Crippen LogP contribution >= 0.6 is 0 Å². The second kappa shape index (κ2) is 11.1. The van der Waals surface area contributed by atoms with E-state index in [0.717, 1.165) is 16.7 Å². The van der Waals surface area contributed by atoms with E-state index in [2.05, 4.69) is 9.97 Å². The summed E-state index contributed by atoms with van der Waals surface area (Å²) in [4.78, 5) is 21.5. The van der Waals surface area contributed by atoms with Gasteiger partial charge >= 0.3 is 0 Å². The summed E-state index contributed by atoms with van der Waals surface area (Å²) >= 11 is 0. The monoisotopic (exact) mass is 550 g/mol. The molecular formula is C28H27FN4O5S. The van der Waals surface area contributed by atoms with Gasteiger partial charge in [-0.25, -0.2) is 19.1 Å². The van der Waals surface area contributed by atoms with E-state index >= 15 is 0 Å². The number of hydrogen-bond donors (Lipinski definition) is 2. The van der Waals surface area contributed by atoms with Gasteiger partial charge in [-0.2, -0.15) is 8.42 Å². The zero-order chi connectivity index (χ0) is 28.3. The Hall–Kier alpha value is -4.51. The molecular weight excluding hydrogens is 523 g/mol. The average molecular weight is 551 g/mol. The molecule has 1 amide bonds. The van der Waals surface area contributed by atoms with Gasteiger partial charge in [-0.05, 0) is 81.3 Å². The number of carbonyl (C=O) groups is 1. The highest BCUT2D eigenvalue weighted by atomic mass is 32.2. The Morgan fingerprint density at radius 3 is 2.36 bits per heavy atom. The van der Waals surface area contributed by atoms with Crippen LogP contribution < -0.4 is 19.9 Å². The minimum absolute atomic E-state index is 0.0201. The van der Waals surface area contributed by atoms with Crippen molar-refractivity contribution in [3.8, 4) is 28.6 Å². The van der Waals surface area contributed by atoms with Crippen molar-refractivity contribution in [1.82, 2.24) is 14.7 Å². The van der Waals surface area contributed by atoms with Crippen LogP contribution in [-0.2, 0) is 10.0 Å². The van der Waals surface area contributed by atoms with E-state index < -0.39 is 26.8 Å². The van der Waals surface area contributed by atoms with Gasteiger partial charge in [0.2, 0.25) is 5.88 Å². The number of aryl methyl sites for hydroxylation is 3. The van der Waals surface area contributed by atoms with Crippen molar-refractivity contribution in [2.75, 3.05) is 12.3 Å². The lowest BCUT2D eigenvalue weighted by molar-refractivity contribution is 0.0978. The summed E-state index contributed by atoms with van der Waals surface area (Å²) in [6, 6.07) is 15.1. The molecule has 0 aliphatic carbocycles. The molecule has 0 radical (unpaired) electrons. The normalized spacial score (nSPS) is 11.2. The Bertz CT molecular complexity index is 1650. The number of nitrogens with one attached hydrogen (secondary N) is 1. The van der Waals surface area contributed by atoms with Gasteiger partial charge in [0.1, 0.15) is 17.1 Å². The Labute approximate surface area is 225 Å². The number of amides is 1. The van der Waals surface area contributed by atoms with Crippen LogP contribution in [0.1, 0.15) is 34.0 Å². The Morgan fingerprint density at radius 2 is 1.72 bits per heavy atom. The van der Waals surface area contributed by atoms with E-state index in [4.69, 9.17) is 15.2 Å². The summed E-state index contributed by atoms with van der Waals surface area (Å²) in [5, 5.41) is -0.419. The number of nitrogens with two attached hydrogens (primary N) is 1. The molecule has 202 valence electrons. The third-order valence-corrected chi connectivity index (χ3v) is 6.92. The van der Waals surface area contributed by atoms with E-state index in [1.54, 1.807) is 13.0 Å². The van der Waals surface area contributed by atoms with Crippen LogP contribution in [0.5, 0.6) is 17.4 Å². The molecule has 11 heteroatoms. The van der Waals surface area contributed by atoms with Crippen molar-refractivity contribution in [2.45, 2.75) is 32.7 Å². The van der Waals surface area contributed by atoms with Gasteiger partial charge in [0, 0.05) is 5.56 Å². The van der Waals surface area contributed by atoms with Crippen LogP contribution in [0.25, 0.3) is 11.3 Å². The lowest BCUT2D eigenvalue weighted by atomic mass is 10.1. The van der Waals surface area contributed by atoms with Gasteiger partial charge in [0.15, 0.2) is 16.6 Å². The maximum absolute atomic E-state index is 14.6. The average Bonchev–Trinajstić information content (AvgIpc) is 2.87. The summed E-state index contributed by atoms with van der Waals surface area (Å²) in [6.45, 7) is 7.69. The van der Waals surface area contributed by atoms with E-state index in [9.17, 15) is 17.6 Å². The molecule has 0 bridgehead atoms. The summed E-state index contributed by atoms with van der Waals surface area (Å²) in [6.07, 6.45) is 0. The number of hydrogen-bond acceptors (Lipinski definition) is 8. The zero-order valence-corrected chi connectivity index (χ0v) is 22.6. The third-order valence-electron chi connectivity index (χ3n) is 5.68. The summed E-state index contributed by atoms with van der Waals surface area (Å²) in [5.41, 5.74) is 8.74. The van der Waals surface area contributed by atoms with Crippen molar-refractivity contribution >= 4 is 21.7 Å².